The monoisotopic (exact) mass is 605 g/mol. The Hall–Kier alpha value is -1.74. The smallest absolute Gasteiger partial charge is 0.373 e. The molecule has 0 spiro atoms. The molecule has 40 heavy (non-hydrogen) atoms. The average molecular weight is 606 g/mol. The molecule has 0 amide bonds. The van der Waals surface area contributed by atoms with E-state index in [2.05, 4.69) is 15.0 Å². The SMILES string of the molecule is CCOC(=O)C(C)(OC[C@H]1O[C@@H](n2cnc3c(CCN)nc(Cl)nc32)[C@@H]2OC(C)(C)O[C@@H]21)P(=O)(OCC)OCC. The average Bonchev–Trinajstić information content (AvgIpc) is 3.53. The Morgan fingerprint density at radius 1 is 1.18 bits per heavy atom. The molecule has 2 fully saturated rings. The first-order chi connectivity index (χ1) is 18.9. The predicted octanol–water partition coefficient (Wildman–Crippen LogP) is 2.96. The third-order valence-electron chi connectivity index (χ3n) is 6.55. The summed E-state index contributed by atoms with van der Waals surface area (Å²) in [4.78, 5) is 26.2. The van der Waals surface area contributed by atoms with Gasteiger partial charge < -0.3 is 38.5 Å². The molecular formula is C24H37ClN5O9P. The van der Waals surface area contributed by atoms with Gasteiger partial charge in [-0.1, -0.05) is 0 Å². The van der Waals surface area contributed by atoms with Gasteiger partial charge in [-0.3, -0.25) is 9.13 Å². The topological polar surface area (TPSA) is 168 Å². The van der Waals surface area contributed by atoms with Crippen LogP contribution in [0.25, 0.3) is 11.2 Å². The van der Waals surface area contributed by atoms with Crippen molar-refractivity contribution in [2.45, 2.75) is 83.6 Å². The number of rotatable bonds is 13. The van der Waals surface area contributed by atoms with E-state index in [-0.39, 0.29) is 31.7 Å². The zero-order valence-corrected chi connectivity index (χ0v) is 25.1. The minimum Gasteiger partial charge on any atom is -0.463 e. The molecule has 1 unspecified atom stereocenters. The Labute approximate surface area is 237 Å². The van der Waals surface area contributed by atoms with Crippen LogP contribution in [0.5, 0.6) is 0 Å². The molecule has 4 heterocycles. The van der Waals surface area contributed by atoms with E-state index in [0.29, 0.717) is 29.8 Å². The van der Waals surface area contributed by atoms with Crippen LogP contribution in [0, 0.1) is 0 Å². The Balaban J connectivity index is 1.67. The number of ether oxygens (including phenoxy) is 5. The van der Waals surface area contributed by atoms with E-state index in [1.807, 2.05) is 0 Å². The van der Waals surface area contributed by atoms with Crippen molar-refractivity contribution in [2.24, 2.45) is 5.73 Å². The summed E-state index contributed by atoms with van der Waals surface area (Å²) in [5.74, 6) is -1.82. The van der Waals surface area contributed by atoms with Gasteiger partial charge in [0.1, 0.15) is 23.8 Å². The van der Waals surface area contributed by atoms with E-state index >= 15 is 0 Å². The van der Waals surface area contributed by atoms with E-state index in [9.17, 15) is 9.36 Å². The van der Waals surface area contributed by atoms with Crippen LogP contribution in [0.2, 0.25) is 5.28 Å². The molecule has 2 aliphatic heterocycles. The molecule has 4 rings (SSSR count). The molecule has 16 heteroatoms. The molecule has 224 valence electrons. The molecule has 5 atom stereocenters. The third kappa shape index (κ3) is 5.79. The van der Waals surface area contributed by atoms with E-state index in [1.54, 1.807) is 45.5 Å². The molecule has 2 N–H and O–H groups in total. The summed E-state index contributed by atoms with van der Waals surface area (Å²) in [6, 6.07) is 0. The lowest BCUT2D eigenvalue weighted by Crippen LogP contribution is -2.44. The van der Waals surface area contributed by atoms with E-state index in [0.717, 1.165) is 0 Å². The van der Waals surface area contributed by atoms with Crippen LogP contribution in [-0.4, -0.2) is 87.9 Å². The summed E-state index contributed by atoms with van der Waals surface area (Å²) in [5.41, 5.74) is 7.33. The van der Waals surface area contributed by atoms with Crippen LogP contribution in [-0.2, 0) is 48.5 Å². The van der Waals surface area contributed by atoms with Crippen LogP contribution in [0.3, 0.4) is 0 Å². The first-order valence-corrected chi connectivity index (χ1v) is 15.2. The maximum absolute atomic E-state index is 13.8. The van der Waals surface area contributed by atoms with Gasteiger partial charge in [0, 0.05) is 6.42 Å². The maximum atomic E-state index is 13.8. The standard InChI is InChI=1S/C24H37ClN5O9P/c1-7-33-21(31)24(6,40(32,35-8-2)36-9-3)34-12-15-17-18(39-23(4,5)38-17)20(37-15)30-13-27-16-14(10-11-26)28-22(25)29-19(16)30/h13,15,17-18,20H,7-12,26H2,1-6H3/t15-,17-,18-,20-,24?/m1/s1. The third-order valence-corrected chi connectivity index (χ3v) is 9.27. The lowest BCUT2D eigenvalue weighted by atomic mass is 10.1. The summed E-state index contributed by atoms with van der Waals surface area (Å²) in [7, 11) is -4.13. The molecule has 0 aliphatic carbocycles. The molecule has 2 aliphatic rings. The summed E-state index contributed by atoms with van der Waals surface area (Å²) < 4.78 is 56.5. The number of fused-ring (bicyclic) bond motifs is 2. The number of nitrogens with two attached hydrogens (primary N) is 1. The molecule has 2 aromatic heterocycles. The minimum absolute atomic E-state index is 0.0255. The highest BCUT2D eigenvalue weighted by molar-refractivity contribution is 7.56. The maximum Gasteiger partial charge on any atom is 0.373 e. The van der Waals surface area contributed by atoms with E-state index < -0.39 is 49.2 Å². The molecule has 2 aromatic rings. The van der Waals surface area contributed by atoms with Gasteiger partial charge in [0.15, 0.2) is 17.7 Å². The van der Waals surface area contributed by atoms with Crippen molar-refractivity contribution >= 4 is 36.3 Å². The van der Waals surface area contributed by atoms with Gasteiger partial charge in [-0.2, -0.15) is 4.98 Å². The first kappa shape index (κ1) is 31.2. The number of hydrogen-bond acceptors (Lipinski definition) is 13. The van der Waals surface area contributed by atoms with E-state index in [4.69, 9.17) is 50.1 Å². The highest BCUT2D eigenvalue weighted by Crippen LogP contribution is 2.61. The number of esters is 1. The Morgan fingerprint density at radius 3 is 2.48 bits per heavy atom. The number of carbonyl (C=O) groups is 1. The first-order valence-electron chi connectivity index (χ1n) is 13.2. The number of imidazole rings is 1. The Morgan fingerprint density at radius 2 is 1.85 bits per heavy atom. The fraction of sp³-hybridized carbons (Fsp3) is 0.750. The van der Waals surface area contributed by atoms with Crippen molar-refractivity contribution in [3.05, 3.63) is 17.3 Å². The number of halogens is 1. The molecule has 14 nitrogen and oxygen atoms in total. The van der Waals surface area contributed by atoms with Crippen molar-refractivity contribution < 1.29 is 42.1 Å². The second-order valence-electron chi connectivity index (χ2n) is 9.78. The van der Waals surface area contributed by atoms with Crippen molar-refractivity contribution in [2.75, 3.05) is 33.0 Å². The zero-order valence-electron chi connectivity index (χ0n) is 23.5. The minimum atomic E-state index is -4.13. The Bertz CT molecular complexity index is 1250. The lowest BCUT2D eigenvalue weighted by molar-refractivity contribution is -0.206. The second-order valence-corrected chi connectivity index (χ2v) is 12.5. The van der Waals surface area contributed by atoms with Crippen LogP contribution < -0.4 is 5.73 Å². The number of aromatic nitrogens is 4. The molecule has 0 bridgehead atoms. The van der Waals surface area contributed by atoms with E-state index in [1.165, 1.54) is 6.92 Å². The molecule has 0 radical (unpaired) electrons. The van der Waals surface area contributed by atoms with Crippen LogP contribution in [0.1, 0.15) is 53.5 Å². The molecular weight excluding hydrogens is 569 g/mol. The number of carbonyl (C=O) groups excluding carboxylic acids is 1. The summed E-state index contributed by atoms with van der Waals surface area (Å²) in [6.45, 7) is 10.0. The van der Waals surface area contributed by atoms with Crippen molar-refractivity contribution in [3.8, 4) is 0 Å². The largest absolute Gasteiger partial charge is 0.463 e. The summed E-state index contributed by atoms with van der Waals surface area (Å²) in [5, 5.41) is -2.02. The van der Waals surface area contributed by atoms with Gasteiger partial charge in [-0.05, 0) is 59.7 Å². The fourth-order valence-electron chi connectivity index (χ4n) is 4.84. The van der Waals surface area contributed by atoms with Gasteiger partial charge >= 0.3 is 13.6 Å². The van der Waals surface area contributed by atoms with Crippen molar-refractivity contribution in [3.63, 3.8) is 0 Å². The fourth-order valence-corrected chi connectivity index (χ4v) is 6.79. The van der Waals surface area contributed by atoms with Gasteiger partial charge in [-0.25, -0.2) is 14.8 Å². The number of nitrogens with zero attached hydrogens (tertiary/aromatic N) is 4. The quantitative estimate of drug-likeness (QED) is 0.201. The van der Waals surface area contributed by atoms with Crippen LogP contribution >= 0.6 is 19.2 Å². The second kappa shape index (κ2) is 12.2. The van der Waals surface area contributed by atoms with Crippen LogP contribution in [0.15, 0.2) is 6.33 Å². The zero-order chi connectivity index (χ0) is 29.3. The van der Waals surface area contributed by atoms with Crippen molar-refractivity contribution in [1.29, 1.82) is 0 Å². The van der Waals surface area contributed by atoms with Crippen LogP contribution in [0.4, 0.5) is 0 Å². The molecule has 0 aromatic carbocycles. The van der Waals surface area contributed by atoms with Gasteiger partial charge in [-0.15, -0.1) is 0 Å². The van der Waals surface area contributed by atoms with Crippen molar-refractivity contribution in [1.82, 2.24) is 19.5 Å². The predicted molar refractivity (Wildman–Crippen MR) is 143 cm³/mol. The highest BCUT2D eigenvalue weighted by Gasteiger charge is 2.60. The van der Waals surface area contributed by atoms with Gasteiger partial charge in [0.2, 0.25) is 5.28 Å². The highest BCUT2D eigenvalue weighted by atomic mass is 35.5. The van der Waals surface area contributed by atoms with Gasteiger partial charge in [0.05, 0.1) is 38.4 Å². The number of hydrogen-bond donors (Lipinski definition) is 1. The molecule has 2 saturated heterocycles. The lowest BCUT2D eigenvalue weighted by Gasteiger charge is -2.34. The molecule has 0 saturated carbocycles. The Kier molecular flexibility index (Phi) is 9.55. The summed E-state index contributed by atoms with van der Waals surface area (Å²) >= 11 is 6.21. The summed E-state index contributed by atoms with van der Waals surface area (Å²) in [6.07, 6.45) is -0.712. The van der Waals surface area contributed by atoms with Gasteiger partial charge in [0.25, 0.3) is 5.34 Å². The normalized spacial score (nSPS) is 25.7.